The fraction of sp³-hybridized carbons (Fsp3) is 0.217. The molecule has 1 aromatic heterocycles. The van der Waals surface area contributed by atoms with Gasteiger partial charge in [0.1, 0.15) is 0 Å². The van der Waals surface area contributed by atoms with E-state index in [2.05, 4.69) is 42.8 Å². The van der Waals surface area contributed by atoms with Gasteiger partial charge in [0.05, 0.1) is 11.1 Å². The normalized spacial score (nSPS) is 13.3. The van der Waals surface area contributed by atoms with E-state index in [9.17, 15) is 9.59 Å². The van der Waals surface area contributed by atoms with Crippen molar-refractivity contribution in [2.75, 3.05) is 6.54 Å². The summed E-state index contributed by atoms with van der Waals surface area (Å²) in [6, 6.07) is 15.3. The number of carbonyl (C=O) groups is 2. The first-order chi connectivity index (χ1) is 13.1. The Morgan fingerprint density at radius 3 is 2.22 bits per heavy atom. The molecule has 0 unspecified atom stereocenters. The quantitative estimate of drug-likeness (QED) is 0.500. The summed E-state index contributed by atoms with van der Waals surface area (Å²) in [5.41, 5.74) is 4.62. The summed E-state index contributed by atoms with van der Waals surface area (Å²) in [6.07, 6.45) is 4.98. The lowest BCUT2D eigenvalue weighted by Crippen LogP contribution is -2.31. The lowest BCUT2D eigenvalue weighted by molar-refractivity contribution is 0.0656. The molecule has 136 valence electrons. The summed E-state index contributed by atoms with van der Waals surface area (Å²) in [6.45, 7) is 5.39. The van der Waals surface area contributed by atoms with Gasteiger partial charge >= 0.3 is 0 Å². The van der Waals surface area contributed by atoms with Gasteiger partial charge in [-0.3, -0.25) is 14.5 Å². The second-order valence-corrected chi connectivity index (χ2v) is 7.16. The van der Waals surface area contributed by atoms with Crippen LogP contribution in [0.1, 0.15) is 40.1 Å². The number of rotatable bonds is 5. The molecule has 0 radical (unpaired) electrons. The number of fused-ring (bicyclic) bond motifs is 2. The van der Waals surface area contributed by atoms with Crippen LogP contribution in [0.5, 0.6) is 0 Å². The Labute approximate surface area is 158 Å². The topological polar surface area (TPSA) is 42.3 Å². The number of imide groups is 1. The Morgan fingerprint density at radius 1 is 0.926 bits per heavy atom. The zero-order valence-corrected chi connectivity index (χ0v) is 15.6. The molecule has 1 aliphatic heterocycles. The molecule has 0 saturated carbocycles. The number of amides is 2. The van der Waals surface area contributed by atoms with Gasteiger partial charge in [0, 0.05) is 30.2 Å². The van der Waals surface area contributed by atoms with Crippen LogP contribution in [0.15, 0.2) is 66.4 Å². The van der Waals surface area contributed by atoms with Gasteiger partial charge < -0.3 is 4.57 Å². The maximum absolute atomic E-state index is 12.6. The highest BCUT2D eigenvalue weighted by molar-refractivity contribution is 6.21. The van der Waals surface area contributed by atoms with Crippen molar-refractivity contribution in [2.24, 2.45) is 0 Å². The first-order valence-corrected chi connectivity index (χ1v) is 9.21. The SMILES string of the molecule is CC(C)=CCn1cc(CCN2C(=O)c3ccccc3C2=O)c2ccccc21. The fourth-order valence-corrected chi connectivity index (χ4v) is 3.63. The summed E-state index contributed by atoms with van der Waals surface area (Å²) in [5.74, 6) is -0.382. The summed E-state index contributed by atoms with van der Waals surface area (Å²) < 4.78 is 2.22. The van der Waals surface area contributed by atoms with Crippen LogP contribution >= 0.6 is 0 Å². The summed E-state index contributed by atoms with van der Waals surface area (Å²) in [4.78, 5) is 26.5. The molecule has 4 rings (SSSR count). The van der Waals surface area contributed by atoms with E-state index in [-0.39, 0.29) is 11.8 Å². The molecular weight excluding hydrogens is 336 g/mol. The molecule has 0 saturated heterocycles. The zero-order valence-electron chi connectivity index (χ0n) is 15.6. The number of allylic oxidation sites excluding steroid dienone is 2. The van der Waals surface area contributed by atoms with Crippen LogP contribution in [-0.2, 0) is 13.0 Å². The number of para-hydroxylation sites is 1. The predicted molar refractivity (Wildman–Crippen MR) is 107 cm³/mol. The lowest BCUT2D eigenvalue weighted by Gasteiger charge is -2.13. The Bertz CT molecular complexity index is 1040. The van der Waals surface area contributed by atoms with Crippen LogP contribution in [0.2, 0.25) is 0 Å². The first-order valence-electron chi connectivity index (χ1n) is 9.21. The van der Waals surface area contributed by atoms with Crippen molar-refractivity contribution in [3.63, 3.8) is 0 Å². The molecule has 0 fully saturated rings. The molecule has 2 aromatic carbocycles. The second-order valence-electron chi connectivity index (χ2n) is 7.16. The van der Waals surface area contributed by atoms with Crippen LogP contribution in [-0.4, -0.2) is 27.8 Å². The van der Waals surface area contributed by atoms with Crippen molar-refractivity contribution >= 4 is 22.7 Å². The maximum atomic E-state index is 12.6. The number of hydrogen-bond acceptors (Lipinski definition) is 2. The molecule has 2 heterocycles. The molecule has 2 amide bonds. The van der Waals surface area contributed by atoms with E-state index in [1.807, 2.05) is 12.1 Å². The number of benzene rings is 2. The van der Waals surface area contributed by atoms with E-state index in [1.165, 1.54) is 21.4 Å². The molecule has 0 atom stereocenters. The van der Waals surface area contributed by atoms with E-state index >= 15 is 0 Å². The first kappa shape index (κ1) is 17.3. The molecule has 0 spiro atoms. The monoisotopic (exact) mass is 358 g/mol. The minimum atomic E-state index is -0.191. The molecule has 0 bridgehead atoms. The standard InChI is InChI=1S/C23H22N2O2/c1-16(2)11-13-24-15-17(18-7-5-6-10-21(18)24)12-14-25-22(26)19-8-3-4-9-20(19)23(25)27/h3-11,15H,12-14H2,1-2H3. The third-order valence-electron chi connectivity index (χ3n) is 5.05. The number of carbonyl (C=O) groups excluding carboxylic acids is 2. The van der Waals surface area contributed by atoms with Crippen LogP contribution in [0, 0.1) is 0 Å². The van der Waals surface area contributed by atoms with Gasteiger partial charge in [-0.1, -0.05) is 42.0 Å². The molecular formula is C23H22N2O2. The average Bonchev–Trinajstić information content (AvgIpc) is 3.15. The van der Waals surface area contributed by atoms with Crippen molar-refractivity contribution in [1.29, 1.82) is 0 Å². The van der Waals surface area contributed by atoms with Crippen molar-refractivity contribution in [2.45, 2.75) is 26.8 Å². The summed E-state index contributed by atoms with van der Waals surface area (Å²) in [5, 5.41) is 1.18. The Kier molecular flexibility index (Phi) is 4.40. The van der Waals surface area contributed by atoms with Gasteiger partial charge in [0.2, 0.25) is 0 Å². The van der Waals surface area contributed by atoms with Crippen LogP contribution in [0.4, 0.5) is 0 Å². The molecule has 1 aliphatic rings. The Balaban J connectivity index is 1.59. The molecule has 27 heavy (non-hydrogen) atoms. The molecule has 0 aliphatic carbocycles. The van der Waals surface area contributed by atoms with Crippen LogP contribution < -0.4 is 0 Å². The van der Waals surface area contributed by atoms with Crippen molar-refractivity contribution < 1.29 is 9.59 Å². The highest BCUT2D eigenvalue weighted by atomic mass is 16.2. The van der Waals surface area contributed by atoms with E-state index < -0.39 is 0 Å². The van der Waals surface area contributed by atoms with Crippen LogP contribution in [0.25, 0.3) is 10.9 Å². The third-order valence-corrected chi connectivity index (χ3v) is 5.05. The largest absolute Gasteiger partial charge is 0.343 e. The van der Waals surface area contributed by atoms with Crippen LogP contribution in [0.3, 0.4) is 0 Å². The van der Waals surface area contributed by atoms with Crippen molar-refractivity contribution in [3.8, 4) is 0 Å². The van der Waals surface area contributed by atoms with E-state index in [4.69, 9.17) is 0 Å². The minimum absolute atomic E-state index is 0.191. The van der Waals surface area contributed by atoms with Gasteiger partial charge in [0.25, 0.3) is 11.8 Å². The van der Waals surface area contributed by atoms with E-state index in [1.54, 1.807) is 24.3 Å². The van der Waals surface area contributed by atoms with Gasteiger partial charge in [-0.2, -0.15) is 0 Å². The number of aromatic nitrogens is 1. The zero-order chi connectivity index (χ0) is 19.0. The fourth-order valence-electron chi connectivity index (χ4n) is 3.63. The highest BCUT2D eigenvalue weighted by Crippen LogP contribution is 2.25. The Morgan fingerprint density at radius 2 is 1.56 bits per heavy atom. The third kappa shape index (κ3) is 3.08. The van der Waals surface area contributed by atoms with Crippen molar-refractivity contribution in [1.82, 2.24) is 9.47 Å². The van der Waals surface area contributed by atoms with Gasteiger partial charge in [-0.05, 0) is 44.0 Å². The van der Waals surface area contributed by atoms with Gasteiger partial charge in [-0.25, -0.2) is 0 Å². The summed E-state index contributed by atoms with van der Waals surface area (Å²) in [7, 11) is 0. The Hall–Kier alpha value is -3.14. The lowest BCUT2D eigenvalue weighted by atomic mass is 10.1. The molecule has 4 heteroatoms. The predicted octanol–water partition coefficient (Wildman–Crippen LogP) is 4.45. The molecule has 4 nitrogen and oxygen atoms in total. The summed E-state index contributed by atoms with van der Waals surface area (Å²) >= 11 is 0. The molecule has 0 N–H and O–H groups in total. The number of hydrogen-bond donors (Lipinski definition) is 0. The average molecular weight is 358 g/mol. The van der Waals surface area contributed by atoms with E-state index in [0.717, 1.165) is 12.1 Å². The van der Waals surface area contributed by atoms with Crippen molar-refractivity contribution in [3.05, 3.63) is 83.1 Å². The second kappa shape index (κ2) is 6.88. The maximum Gasteiger partial charge on any atom is 0.261 e. The molecule has 3 aromatic rings. The number of nitrogens with zero attached hydrogens (tertiary/aromatic N) is 2. The smallest absolute Gasteiger partial charge is 0.261 e. The van der Waals surface area contributed by atoms with Gasteiger partial charge in [0.15, 0.2) is 0 Å². The minimum Gasteiger partial charge on any atom is -0.343 e. The van der Waals surface area contributed by atoms with Gasteiger partial charge in [-0.15, -0.1) is 0 Å². The highest BCUT2D eigenvalue weighted by Gasteiger charge is 2.34. The van der Waals surface area contributed by atoms with E-state index in [0.29, 0.717) is 24.1 Å².